The van der Waals surface area contributed by atoms with Gasteiger partial charge >= 0.3 is 5.97 Å². The van der Waals surface area contributed by atoms with Gasteiger partial charge in [-0.25, -0.2) is 4.79 Å². The molecule has 118 valence electrons. The number of benzene rings is 2. The predicted molar refractivity (Wildman–Crippen MR) is 87.7 cm³/mol. The van der Waals surface area contributed by atoms with E-state index < -0.39 is 5.97 Å². The number of hydrogen-bond acceptors (Lipinski definition) is 4. The second-order valence-corrected chi connectivity index (χ2v) is 4.93. The second-order valence-electron chi connectivity index (χ2n) is 4.93. The van der Waals surface area contributed by atoms with Gasteiger partial charge in [0.15, 0.2) is 11.4 Å². The number of fused-ring (bicyclic) bond motifs is 1. The van der Waals surface area contributed by atoms with Crippen molar-refractivity contribution in [1.29, 1.82) is 0 Å². The molecule has 0 N–H and O–H groups in total. The van der Waals surface area contributed by atoms with E-state index in [1.165, 1.54) is 14.2 Å². The highest BCUT2D eigenvalue weighted by Crippen LogP contribution is 2.37. The maximum Gasteiger partial charge on any atom is 0.358 e. The van der Waals surface area contributed by atoms with Crippen molar-refractivity contribution >= 4 is 16.9 Å². The Morgan fingerprint density at radius 1 is 0.957 bits per heavy atom. The first kappa shape index (κ1) is 15.0. The number of esters is 1. The molecule has 0 atom stereocenters. The van der Waals surface area contributed by atoms with Crippen molar-refractivity contribution in [2.45, 2.75) is 0 Å². The largest absolute Gasteiger partial charge is 0.497 e. The lowest BCUT2D eigenvalue weighted by molar-refractivity contribution is 0.0588. The number of rotatable bonds is 4. The number of hydrogen-bond donors (Lipinski definition) is 0. The molecular formula is C18H17NO4. The number of ether oxygens (including phenoxy) is 3. The lowest BCUT2D eigenvalue weighted by atomic mass is 10.2. The van der Waals surface area contributed by atoms with Crippen LogP contribution in [0.5, 0.6) is 11.5 Å². The first-order valence-electron chi connectivity index (χ1n) is 7.11. The molecular weight excluding hydrogens is 294 g/mol. The van der Waals surface area contributed by atoms with Crippen molar-refractivity contribution in [1.82, 2.24) is 4.57 Å². The van der Waals surface area contributed by atoms with Crippen LogP contribution in [-0.2, 0) is 4.74 Å². The van der Waals surface area contributed by atoms with Crippen LogP contribution in [0.2, 0.25) is 0 Å². The highest BCUT2D eigenvalue weighted by molar-refractivity contribution is 6.03. The third-order valence-electron chi connectivity index (χ3n) is 3.73. The number of nitrogens with zero attached hydrogens (tertiary/aromatic N) is 1. The van der Waals surface area contributed by atoms with Crippen LogP contribution in [0.4, 0.5) is 0 Å². The van der Waals surface area contributed by atoms with E-state index in [9.17, 15) is 4.79 Å². The highest BCUT2D eigenvalue weighted by atomic mass is 16.5. The molecule has 0 amide bonds. The minimum Gasteiger partial charge on any atom is -0.497 e. The Hall–Kier alpha value is -2.95. The Morgan fingerprint density at radius 2 is 1.70 bits per heavy atom. The number of methoxy groups -OCH3 is 3. The van der Waals surface area contributed by atoms with Gasteiger partial charge in [0, 0.05) is 11.1 Å². The number of aromatic nitrogens is 1. The van der Waals surface area contributed by atoms with Gasteiger partial charge in [0.05, 0.1) is 26.8 Å². The molecule has 2 aromatic carbocycles. The van der Waals surface area contributed by atoms with Gasteiger partial charge in [-0.15, -0.1) is 0 Å². The van der Waals surface area contributed by atoms with Gasteiger partial charge in [0.1, 0.15) is 5.75 Å². The van der Waals surface area contributed by atoms with Gasteiger partial charge in [-0.2, -0.15) is 0 Å². The Balaban J connectivity index is 2.42. The van der Waals surface area contributed by atoms with Gasteiger partial charge < -0.3 is 18.8 Å². The Labute approximate surface area is 134 Å². The summed E-state index contributed by atoms with van der Waals surface area (Å²) < 4.78 is 17.6. The summed E-state index contributed by atoms with van der Waals surface area (Å²) in [5.41, 5.74) is 2.05. The standard InChI is InChI=1S/C18H17NO4/c1-21-13-9-10-15-14(11-13)17(22-2)16(18(20)23-3)19(15)12-7-5-4-6-8-12/h4-11H,1-3H3. The molecule has 3 aromatic rings. The van der Waals surface area contributed by atoms with Gasteiger partial charge in [-0.1, -0.05) is 18.2 Å². The van der Waals surface area contributed by atoms with Crippen molar-refractivity contribution in [3.05, 3.63) is 54.2 Å². The maximum atomic E-state index is 12.4. The molecule has 23 heavy (non-hydrogen) atoms. The van der Waals surface area contributed by atoms with E-state index in [0.717, 1.165) is 16.6 Å². The maximum absolute atomic E-state index is 12.4. The van der Waals surface area contributed by atoms with Crippen LogP contribution in [-0.4, -0.2) is 31.9 Å². The monoisotopic (exact) mass is 311 g/mol. The smallest absolute Gasteiger partial charge is 0.358 e. The third-order valence-corrected chi connectivity index (χ3v) is 3.73. The van der Waals surface area contributed by atoms with Crippen molar-refractivity contribution in [3.63, 3.8) is 0 Å². The molecule has 1 heterocycles. The van der Waals surface area contributed by atoms with E-state index in [-0.39, 0.29) is 0 Å². The minimum absolute atomic E-state index is 0.351. The second kappa shape index (κ2) is 6.04. The molecule has 0 aliphatic heterocycles. The van der Waals surface area contributed by atoms with Crippen LogP contribution in [0.1, 0.15) is 10.5 Å². The van der Waals surface area contributed by atoms with Gasteiger partial charge in [0.25, 0.3) is 0 Å². The lowest BCUT2D eigenvalue weighted by Crippen LogP contribution is -2.10. The van der Waals surface area contributed by atoms with E-state index in [1.807, 2.05) is 53.1 Å². The van der Waals surface area contributed by atoms with E-state index in [4.69, 9.17) is 14.2 Å². The average Bonchev–Trinajstić information content (AvgIpc) is 2.94. The zero-order chi connectivity index (χ0) is 16.4. The average molecular weight is 311 g/mol. The summed E-state index contributed by atoms with van der Waals surface area (Å²) in [5, 5.41) is 0.788. The first-order chi connectivity index (χ1) is 11.2. The first-order valence-corrected chi connectivity index (χ1v) is 7.11. The van der Waals surface area contributed by atoms with Crippen molar-refractivity contribution in [2.24, 2.45) is 0 Å². The highest BCUT2D eigenvalue weighted by Gasteiger charge is 2.25. The van der Waals surface area contributed by atoms with Gasteiger partial charge in [0.2, 0.25) is 0 Å². The van der Waals surface area contributed by atoms with E-state index in [0.29, 0.717) is 17.2 Å². The molecule has 5 heteroatoms. The van der Waals surface area contributed by atoms with Crippen LogP contribution >= 0.6 is 0 Å². The Bertz CT molecular complexity index is 852. The zero-order valence-electron chi connectivity index (χ0n) is 13.2. The van der Waals surface area contributed by atoms with Gasteiger partial charge in [-0.05, 0) is 30.3 Å². The van der Waals surface area contributed by atoms with Crippen LogP contribution in [0, 0.1) is 0 Å². The molecule has 5 nitrogen and oxygen atoms in total. The van der Waals surface area contributed by atoms with Crippen molar-refractivity contribution in [3.8, 4) is 17.2 Å². The van der Waals surface area contributed by atoms with Crippen molar-refractivity contribution in [2.75, 3.05) is 21.3 Å². The predicted octanol–water partition coefficient (Wildman–Crippen LogP) is 3.43. The number of carbonyl (C=O) groups is 1. The summed E-state index contributed by atoms with van der Waals surface area (Å²) >= 11 is 0. The SMILES string of the molecule is COC(=O)c1c(OC)c2cc(OC)ccc2n1-c1ccccc1. The fourth-order valence-electron chi connectivity index (χ4n) is 2.70. The van der Waals surface area contributed by atoms with Crippen LogP contribution in [0.25, 0.3) is 16.6 Å². The molecule has 0 aliphatic carbocycles. The molecule has 0 fully saturated rings. The molecule has 3 rings (SSSR count). The lowest BCUT2D eigenvalue weighted by Gasteiger charge is -2.10. The number of carbonyl (C=O) groups excluding carboxylic acids is 1. The minimum atomic E-state index is -0.458. The topological polar surface area (TPSA) is 49.7 Å². The summed E-state index contributed by atoms with van der Waals surface area (Å²) in [5.74, 6) is 0.702. The summed E-state index contributed by atoms with van der Waals surface area (Å²) in [6.45, 7) is 0. The van der Waals surface area contributed by atoms with Crippen LogP contribution < -0.4 is 9.47 Å². The van der Waals surface area contributed by atoms with Gasteiger partial charge in [-0.3, -0.25) is 0 Å². The molecule has 0 unspecified atom stereocenters. The summed E-state index contributed by atoms with van der Waals surface area (Å²) in [6, 6.07) is 15.2. The Kier molecular flexibility index (Phi) is 3.93. The molecule has 0 radical (unpaired) electrons. The molecule has 0 spiro atoms. The van der Waals surface area contributed by atoms with E-state index >= 15 is 0 Å². The summed E-state index contributed by atoms with van der Waals surface area (Å²) in [6.07, 6.45) is 0. The number of para-hydroxylation sites is 1. The quantitative estimate of drug-likeness (QED) is 0.693. The summed E-state index contributed by atoms with van der Waals surface area (Å²) in [7, 11) is 4.49. The molecule has 0 aliphatic rings. The summed E-state index contributed by atoms with van der Waals surface area (Å²) in [4.78, 5) is 12.4. The fourth-order valence-corrected chi connectivity index (χ4v) is 2.70. The van der Waals surface area contributed by atoms with E-state index in [2.05, 4.69) is 0 Å². The molecule has 0 saturated heterocycles. The Morgan fingerprint density at radius 3 is 2.30 bits per heavy atom. The van der Waals surface area contributed by atoms with Crippen LogP contribution in [0.3, 0.4) is 0 Å². The fraction of sp³-hybridized carbons (Fsp3) is 0.167. The molecule has 0 saturated carbocycles. The zero-order valence-corrected chi connectivity index (χ0v) is 13.2. The van der Waals surface area contributed by atoms with Crippen LogP contribution in [0.15, 0.2) is 48.5 Å². The van der Waals surface area contributed by atoms with Crippen molar-refractivity contribution < 1.29 is 19.0 Å². The third kappa shape index (κ3) is 2.40. The normalized spacial score (nSPS) is 10.6. The van der Waals surface area contributed by atoms with E-state index in [1.54, 1.807) is 7.11 Å². The molecule has 0 bridgehead atoms. The molecule has 1 aromatic heterocycles.